The van der Waals surface area contributed by atoms with Gasteiger partial charge in [-0.3, -0.25) is 0 Å². The molecule has 5 rings (SSSR count). The molecule has 8 heteroatoms. The molecule has 0 radical (unpaired) electrons. The molecule has 1 fully saturated rings. The van der Waals surface area contributed by atoms with E-state index < -0.39 is 0 Å². The zero-order valence-electron chi connectivity index (χ0n) is 16.9. The van der Waals surface area contributed by atoms with Crippen LogP contribution < -0.4 is 16.0 Å². The number of rotatable bonds is 4. The lowest BCUT2D eigenvalue weighted by atomic mass is 10.1. The van der Waals surface area contributed by atoms with E-state index in [1.165, 1.54) is 0 Å². The van der Waals surface area contributed by atoms with Gasteiger partial charge in [-0.15, -0.1) is 0 Å². The van der Waals surface area contributed by atoms with Crippen LogP contribution in [0.15, 0.2) is 42.9 Å². The van der Waals surface area contributed by atoms with Crippen LogP contribution in [0, 0.1) is 0 Å². The number of nitrogens with one attached hydrogen (secondary N) is 2. The van der Waals surface area contributed by atoms with Crippen LogP contribution >= 0.6 is 0 Å². The van der Waals surface area contributed by atoms with Crippen LogP contribution in [-0.4, -0.2) is 51.1 Å². The minimum absolute atomic E-state index is 0.288. The molecule has 152 valence electrons. The average Bonchev–Trinajstić information content (AvgIpc) is 3.23. The van der Waals surface area contributed by atoms with Crippen molar-refractivity contribution in [2.45, 2.75) is 13.3 Å². The Balaban J connectivity index is 1.51. The number of anilines is 2. The van der Waals surface area contributed by atoms with Gasteiger partial charge in [0.05, 0.1) is 5.69 Å². The molecule has 0 spiro atoms. The molecule has 30 heavy (non-hydrogen) atoms. The standard InChI is InChI=1S/C22H24N8/c1-2-16-10-19(29-22(23)28-16)18-13-27-21-17(18)9-15(12-26-21)14-3-4-20(25-11-14)30-7-5-24-6-8-30/h3-4,9-13,24H,2,5-8H2,1H3,(H,26,27)(H2,23,28,29). The zero-order valence-corrected chi connectivity index (χ0v) is 16.9. The first-order valence-electron chi connectivity index (χ1n) is 10.2. The van der Waals surface area contributed by atoms with Gasteiger partial charge >= 0.3 is 0 Å². The van der Waals surface area contributed by atoms with Crippen LogP contribution in [0.3, 0.4) is 0 Å². The van der Waals surface area contributed by atoms with Crippen LogP contribution in [0.1, 0.15) is 12.6 Å². The summed E-state index contributed by atoms with van der Waals surface area (Å²) in [7, 11) is 0. The number of hydrogen-bond donors (Lipinski definition) is 3. The first kappa shape index (κ1) is 18.5. The normalized spacial score (nSPS) is 14.4. The quantitative estimate of drug-likeness (QED) is 0.483. The van der Waals surface area contributed by atoms with Crippen LogP contribution in [0.2, 0.25) is 0 Å². The van der Waals surface area contributed by atoms with Crippen LogP contribution in [0.4, 0.5) is 11.8 Å². The fourth-order valence-electron chi connectivity index (χ4n) is 3.85. The number of piperazine rings is 1. The molecule has 4 aromatic heterocycles. The predicted octanol–water partition coefficient (Wildman–Crippen LogP) is 2.64. The lowest BCUT2D eigenvalue weighted by Gasteiger charge is -2.28. The van der Waals surface area contributed by atoms with Gasteiger partial charge in [-0.05, 0) is 30.7 Å². The van der Waals surface area contributed by atoms with E-state index in [9.17, 15) is 0 Å². The molecule has 5 heterocycles. The number of aryl methyl sites for hydroxylation is 1. The number of hydrogen-bond acceptors (Lipinski definition) is 7. The monoisotopic (exact) mass is 400 g/mol. The van der Waals surface area contributed by atoms with E-state index in [1.54, 1.807) is 0 Å². The number of aromatic nitrogens is 5. The second kappa shape index (κ2) is 7.72. The summed E-state index contributed by atoms with van der Waals surface area (Å²) in [4.78, 5) is 23.5. The van der Waals surface area contributed by atoms with Crippen molar-refractivity contribution in [1.82, 2.24) is 30.2 Å². The van der Waals surface area contributed by atoms with E-state index in [4.69, 9.17) is 5.73 Å². The van der Waals surface area contributed by atoms with Crippen molar-refractivity contribution in [2.24, 2.45) is 0 Å². The summed E-state index contributed by atoms with van der Waals surface area (Å²) in [6.07, 6.45) is 6.52. The number of nitrogens with zero attached hydrogens (tertiary/aromatic N) is 5. The number of nitrogens with two attached hydrogens (primary N) is 1. The van der Waals surface area contributed by atoms with Crippen LogP contribution in [-0.2, 0) is 6.42 Å². The first-order chi connectivity index (χ1) is 14.7. The van der Waals surface area contributed by atoms with Crippen molar-refractivity contribution < 1.29 is 0 Å². The summed E-state index contributed by atoms with van der Waals surface area (Å²) in [6, 6.07) is 8.30. The van der Waals surface area contributed by atoms with Crippen molar-refractivity contribution in [3.63, 3.8) is 0 Å². The fraction of sp³-hybridized carbons (Fsp3) is 0.273. The molecule has 0 saturated carbocycles. The molecule has 4 N–H and O–H groups in total. The highest BCUT2D eigenvalue weighted by molar-refractivity contribution is 5.95. The summed E-state index contributed by atoms with van der Waals surface area (Å²) in [5.41, 5.74) is 11.5. The summed E-state index contributed by atoms with van der Waals surface area (Å²) < 4.78 is 0. The maximum atomic E-state index is 5.92. The Hall–Kier alpha value is -3.52. The molecule has 0 amide bonds. The minimum atomic E-state index is 0.288. The first-order valence-corrected chi connectivity index (χ1v) is 10.2. The predicted molar refractivity (Wildman–Crippen MR) is 119 cm³/mol. The maximum Gasteiger partial charge on any atom is 0.220 e. The van der Waals surface area contributed by atoms with Crippen molar-refractivity contribution in [1.29, 1.82) is 0 Å². The molecule has 0 unspecified atom stereocenters. The van der Waals surface area contributed by atoms with E-state index in [2.05, 4.69) is 60.3 Å². The smallest absolute Gasteiger partial charge is 0.220 e. The van der Waals surface area contributed by atoms with E-state index in [0.29, 0.717) is 0 Å². The van der Waals surface area contributed by atoms with Crippen molar-refractivity contribution in [2.75, 3.05) is 36.8 Å². The zero-order chi connectivity index (χ0) is 20.5. The Morgan fingerprint density at radius 3 is 2.63 bits per heavy atom. The van der Waals surface area contributed by atoms with E-state index in [1.807, 2.05) is 24.7 Å². The van der Waals surface area contributed by atoms with Gasteiger partial charge in [-0.25, -0.2) is 19.9 Å². The van der Waals surface area contributed by atoms with Gasteiger partial charge in [0.25, 0.3) is 0 Å². The van der Waals surface area contributed by atoms with Crippen molar-refractivity contribution in [3.8, 4) is 22.4 Å². The molecule has 0 bridgehead atoms. The number of nitrogen functional groups attached to an aromatic ring is 1. The highest BCUT2D eigenvalue weighted by Gasteiger charge is 2.14. The number of H-pyrrole nitrogens is 1. The second-order valence-electron chi connectivity index (χ2n) is 7.42. The third kappa shape index (κ3) is 3.46. The Morgan fingerprint density at radius 2 is 1.87 bits per heavy atom. The highest BCUT2D eigenvalue weighted by atomic mass is 15.2. The number of aromatic amines is 1. The topological polar surface area (TPSA) is 109 Å². The Morgan fingerprint density at radius 1 is 1.03 bits per heavy atom. The van der Waals surface area contributed by atoms with Gasteiger partial charge in [-0.1, -0.05) is 6.92 Å². The number of pyridine rings is 2. The minimum Gasteiger partial charge on any atom is -0.368 e. The van der Waals surface area contributed by atoms with Crippen LogP contribution in [0.25, 0.3) is 33.4 Å². The van der Waals surface area contributed by atoms with Crippen LogP contribution in [0.5, 0.6) is 0 Å². The lowest BCUT2D eigenvalue weighted by Crippen LogP contribution is -2.43. The van der Waals surface area contributed by atoms with Gasteiger partial charge in [-0.2, -0.15) is 0 Å². The summed E-state index contributed by atoms with van der Waals surface area (Å²) in [5.74, 6) is 1.30. The third-order valence-electron chi connectivity index (χ3n) is 5.49. The Kier molecular flexibility index (Phi) is 4.76. The summed E-state index contributed by atoms with van der Waals surface area (Å²) in [6.45, 7) is 6.00. The molecule has 0 aromatic carbocycles. The van der Waals surface area contributed by atoms with Crippen molar-refractivity contribution in [3.05, 3.63) is 48.5 Å². The number of fused-ring (bicyclic) bond motifs is 1. The Bertz CT molecular complexity index is 1180. The molecule has 1 saturated heterocycles. The van der Waals surface area contributed by atoms with E-state index in [-0.39, 0.29) is 5.95 Å². The summed E-state index contributed by atoms with van der Waals surface area (Å²) in [5, 5.41) is 4.37. The Labute approximate surface area is 174 Å². The van der Waals surface area contributed by atoms with Gasteiger partial charge in [0, 0.05) is 72.5 Å². The molecular weight excluding hydrogens is 376 g/mol. The average molecular weight is 400 g/mol. The molecule has 1 aliphatic rings. The van der Waals surface area contributed by atoms with Gasteiger partial charge < -0.3 is 20.9 Å². The molecule has 8 nitrogen and oxygen atoms in total. The molecule has 0 aliphatic carbocycles. The van der Waals surface area contributed by atoms with Gasteiger partial charge in [0.1, 0.15) is 11.5 Å². The summed E-state index contributed by atoms with van der Waals surface area (Å²) >= 11 is 0. The third-order valence-corrected chi connectivity index (χ3v) is 5.49. The van der Waals surface area contributed by atoms with Gasteiger partial charge in [0.2, 0.25) is 5.95 Å². The fourth-order valence-corrected chi connectivity index (χ4v) is 3.85. The van der Waals surface area contributed by atoms with Gasteiger partial charge in [0.15, 0.2) is 0 Å². The van der Waals surface area contributed by atoms with Crippen molar-refractivity contribution >= 4 is 22.8 Å². The maximum absolute atomic E-state index is 5.92. The highest BCUT2D eigenvalue weighted by Crippen LogP contribution is 2.31. The molecule has 1 aliphatic heterocycles. The largest absolute Gasteiger partial charge is 0.368 e. The van der Waals surface area contributed by atoms with E-state index >= 15 is 0 Å². The van der Waals surface area contributed by atoms with E-state index in [0.717, 1.165) is 77.5 Å². The lowest BCUT2D eigenvalue weighted by molar-refractivity contribution is 0.585. The molecule has 4 aromatic rings. The second-order valence-corrected chi connectivity index (χ2v) is 7.42. The SMILES string of the molecule is CCc1cc(-c2c[nH]c3ncc(-c4ccc(N5CCNCC5)nc4)cc23)nc(N)n1. The molecule has 0 atom stereocenters. The molecular formula is C22H24N8.